The minimum absolute atomic E-state index is 0.193. The molecule has 1 rings (SSSR count). The summed E-state index contributed by atoms with van der Waals surface area (Å²) in [4.78, 5) is 19.3. The van der Waals surface area contributed by atoms with Crippen molar-refractivity contribution in [2.24, 2.45) is 5.10 Å². The third-order valence-electron chi connectivity index (χ3n) is 3.98. The van der Waals surface area contributed by atoms with E-state index in [0.717, 1.165) is 0 Å². The summed E-state index contributed by atoms with van der Waals surface area (Å²) in [6.07, 6.45) is 7.74. The maximum absolute atomic E-state index is 12.5. The molecule has 6 nitrogen and oxygen atoms in total. The van der Waals surface area contributed by atoms with Gasteiger partial charge >= 0.3 is 0 Å². The number of nitrogens with one attached hydrogen (secondary N) is 1. The molecular weight excluding hydrogens is 395 g/mol. The number of allylic oxidation sites excluding steroid dienone is 5. The standard InChI is InChI=1S/C20H29FN4O2.2C2H6/c1-6-17(26)13-25(5)24-18(12-10-8-7-9-11-14(2)21)19-22-16(4)15(3)20(27)23-19;2*1-2/h7-9,11,17,26H,2,6,10,12-13H2,1,3-5H3,(H,22,23,27);2*1-2H3/b8-7-,11-9-,24-18-;;. The van der Waals surface area contributed by atoms with Crippen molar-refractivity contribution in [3.63, 3.8) is 0 Å². The number of aliphatic hydroxyl groups excluding tert-OH is 1. The van der Waals surface area contributed by atoms with Crippen LogP contribution in [0.25, 0.3) is 0 Å². The molecule has 0 aliphatic carbocycles. The number of halogens is 1. The second-order valence-corrected chi connectivity index (χ2v) is 6.35. The van der Waals surface area contributed by atoms with Gasteiger partial charge in [-0.2, -0.15) is 5.10 Å². The molecule has 1 heterocycles. The van der Waals surface area contributed by atoms with E-state index in [2.05, 4.69) is 21.6 Å². The van der Waals surface area contributed by atoms with Crippen LogP contribution in [-0.2, 0) is 0 Å². The first-order valence-corrected chi connectivity index (χ1v) is 11.0. The van der Waals surface area contributed by atoms with Gasteiger partial charge in [-0.3, -0.25) is 9.80 Å². The van der Waals surface area contributed by atoms with Crippen LogP contribution in [0.5, 0.6) is 0 Å². The Morgan fingerprint density at radius 3 is 2.42 bits per heavy atom. The predicted molar refractivity (Wildman–Crippen MR) is 130 cm³/mol. The molecule has 0 aliphatic rings. The van der Waals surface area contributed by atoms with E-state index in [1.54, 1.807) is 38.1 Å². The molecule has 7 heteroatoms. The van der Waals surface area contributed by atoms with Gasteiger partial charge in [0.15, 0.2) is 5.82 Å². The fourth-order valence-corrected chi connectivity index (χ4v) is 2.23. The van der Waals surface area contributed by atoms with Crippen molar-refractivity contribution in [3.8, 4) is 0 Å². The van der Waals surface area contributed by atoms with Gasteiger partial charge in [0.25, 0.3) is 5.56 Å². The largest absolute Gasteiger partial charge is 0.391 e. The van der Waals surface area contributed by atoms with Crippen LogP contribution in [0.3, 0.4) is 0 Å². The van der Waals surface area contributed by atoms with Crippen LogP contribution >= 0.6 is 0 Å². The van der Waals surface area contributed by atoms with Gasteiger partial charge in [-0.1, -0.05) is 59.4 Å². The molecule has 176 valence electrons. The first-order chi connectivity index (χ1) is 14.7. The van der Waals surface area contributed by atoms with Crippen molar-refractivity contribution < 1.29 is 9.50 Å². The van der Waals surface area contributed by atoms with E-state index >= 15 is 0 Å². The van der Waals surface area contributed by atoms with Crippen molar-refractivity contribution >= 4 is 5.71 Å². The summed E-state index contributed by atoms with van der Waals surface area (Å²) in [5, 5.41) is 16.0. The molecule has 0 fully saturated rings. The highest BCUT2D eigenvalue weighted by molar-refractivity contribution is 5.97. The minimum atomic E-state index is -0.505. The first kappa shape index (κ1) is 30.7. The molecule has 0 saturated heterocycles. The lowest BCUT2D eigenvalue weighted by Gasteiger charge is -2.18. The van der Waals surface area contributed by atoms with Crippen LogP contribution < -0.4 is 5.56 Å². The van der Waals surface area contributed by atoms with E-state index in [1.807, 2.05) is 40.7 Å². The van der Waals surface area contributed by atoms with Gasteiger partial charge in [0, 0.05) is 18.3 Å². The molecule has 2 N–H and O–H groups in total. The highest BCUT2D eigenvalue weighted by Gasteiger charge is 2.12. The Kier molecular flexibility index (Phi) is 18.0. The maximum Gasteiger partial charge on any atom is 0.254 e. The number of likely N-dealkylation sites (N-methyl/N-ethyl adjacent to an activating group) is 1. The highest BCUT2D eigenvalue weighted by atomic mass is 19.1. The fraction of sp³-hybridized carbons (Fsp3) is 0.542. The Bertz CT molecular complexity index is 782. The second-order valence-electron chi connectivity index (χ2n) is 6.35. The van der Waals surface area contributed by atoms with E-state index in [1.165, 1.54) is 6.08 Å². The van der Waals surface area contributed by atoms with Gasteiger partial charge in [0.2, 0.25) is 0 Å². The number of H-pyrrole nitrogens is 1. The van der Waals surface area contributed by atoms with Crippen LogP contribution in [0, 0.1) is 13.8 Å². The van der Waals surface area contributed by atoms with Gasteiger partial charge in [-0.25, -0.2) is 9.37 Å². The van der Waals surface area contributed by atoms with Gasteiger partial charge < -0.3 is 10.1 Å². The molecule has 0 aliphatic heterocycles. The van der Waals surface area contributed by atoms with E-state index in [-0.39, 0.29) is 5.56 Å². The Labute approximate surface area is 187 Å². The third-order valence-corrected chi connectivity index (χ3v) is 3.98. The summed E-state index contributed by atoms with van der Waals surface area (Å²) >= 11 is 0. The summed E-state index contributed by atoms with van der Waals surface area (Å²) < 4.78 is 12.5. The number of hydrogen-bond donors (Lipinski definition) is 2. The number of aromatic amines is 1. The van der Waals surface area contributed by atoms with Crippen LogP contribution in [0.4, 0.5) is 4.39 Å². The average molecular weight is 437 g/mol. The number of aliphatic hydroxyl groups is 1. The average Bonchev–Trinajstić information content (AvgIpc) is 2.75. The van der Waals surface area contributed by atoms with E-state index in [9.17, 15) is 14.3 Å². The molecule has 0 amide bonds. The number of aryl methyl sites for hydroxylation is 1. The highest BCUT2D eigenvalue weighted by Crippen LogP contribution is 2.07. The SMILES string of the molecule is C=C(F)/C=C\C=C/CC/C(=N/N(C)CC(O)CC)c1nc(C)c(C)c(=O)[nH]1.CC.CC. The molecule has 0 radical (unpaired) electrons. The normalized spacial score (nSPS) is 12.1. The lowest BCUT2D eigenvalue weighted by atomic mass is 10.1. The molecule has 1 aromatic rings. The minimum Gasteiger partial charge on any atom is -0.391 e. The summed E-state index contributed by atoms with van der Waals surface area (Å²) in [5.41, 5.74) is 1.65. The zero-order valence-corrected chi connectivity index (χ0v) is 20.5. The van der Waals surface area contributed by atoms with Crippen molar-refractivity contribution in [1.82, 2.24) is 15.0 Å². The van der Waals surface area contributed by atoms with Crippen molar-refractivity contribution in [3.05, 3.63) is 64.1 Å². The zero-order chi connectivity index (χ0) is 24.4. The summed E-state index contributed by atoms with van der Waals surface area (Å²) in [6, 6.07) is 0. The molecule has 0 spiro atoms. The quantitative estimate of drug-likeness (QED) is 0.299. The van der Waals surface area contributed by atoms with Crippen LogP contribution in [0.2, 0.25) is 0 Å². The van der Waals surface area contributed by atoms with Gasteiger partial charge in [0.05, 0.1) is 12.6 Å². The lowest BCUT2D eigenvalue weighted by Crippen LogP contribution is -2.27. The Morgan fingerprint density at radius 2 is 1.90 bits per heavy atom. The first-order valence-electron chi connectivity index (χ1n) is 11.0. The smallest absolute Gasteiger partial charge is 0.254 e. The predicted octanol–water partition coefficient (Wildman–Crippen LogP) is 5.22. The number of hydrazone groups is 1. The molecule has 1 unspecified atom stereocenters. The third kappa shape index (κ3) is 13.4. The number of hydrogen-bond acceptors (Lipinski definition) is 5. The van der Waals surface area contributed by atoms with Gasteiger partial charge in [-0.15, -0.1) is 0 Å². The molecule has 1 atom stereocenters. The second kappa shape index (κ2) is 18.2. The van der Waals surface area contributed by atoms with Crippen LogP contribution in [0.15, 0.2) is 46.6 Å². The van der Waals surface area contributed by atoms with Crippen LogP contribution in [-0.4, -0.2) is 45.5 Å². The lowest BCUT2D eigenvalue weighted by molar-refractivity contribution is 0.124. The number of aromatic nitrogens is 2. The van der Waals surface area contributed by atoms with E-state index < -0.39 is 11.9 Å². The molecule has 31 heavy (non-hydrogen) atoms. The summed E-state index contributed by atoms with van der Waals surface area (Å²) in [5.74, 6) is -0.0862. The molecule has 0 saturated carbocycles. The maximum atomic E-state index is 12.5. The Morgan fingerprint density at radius 1 is 1.29 bits per heavy atom. The summed E-state index contributed by atoms with van der Waals surface area (Å²) in [7, 11) is 1.77. The van der Waals surface area contributed by atoms with Crippen molar-refractivity contribution in [1.29, 1.82) is 0 Å². The van der Waals surface area contributed by atoms with Crippen molar-refractivity contribution in [2.75, 3.05) is 13.6 Å². The van der Waals surface area contributed by atoms with E-state index in [4.69, 9.17) is 0 Å². The monoisotopic (exact) mass is 436 g/mol. The zero-order valence-electron chi connectivity index (χ0n) is 20.5. The topological polar surface area (TPSA) is 81.6 Å². The Hall–Kier alpha value is -2.54. The summed E-state index contributed by atoms with van der Waals surface area (Å²) in [6.45, 7) is 16.9. The molecule has 0 aromatic carbocycles. The number of rotatable bonds is 10. The van der Waals surface area contributed by atoms with Crippen molar-refractivity contribution in [2.45, 2.75) is 73.8 Å². The molecule has 0 bridgehead atoms. The van der Waals surface area contributed by atoms with E-state index in [0.29, 0.717) is 48.6 Å². The Balaban J connectivity index is 0. The molecule has 1 aromatic heterocycles. The van der Waals surface area contributed by atoms with Crippen LogP contribution in [0.1, 0.15) is 71.0 Å². The van der Waals surface area contributed by atoms with Gasteiger partial charge in [0.1, 0.15) is 11.5 Å². The fourth-order valence-electron chi connectivity index (χ4n) is 2.23. The number of nitrogens with zero attached hydrogens (tertiary/aromatic N) is 3. The van der Waals surface area contributed by atoms with Gasteiger partial charge in [-0.05, 0) is 39.2 Å². The molecular formula is C24H41FN4O2.